The van der Waals surface area contributed by atoms with Crippen LogP contribution in [0.4, 0.5) is 5.69 Å². The van der Waals surface area contributed by atoms with Crippen molar-refractivity contribution in [1.82, 2.24) is 0 Å². The van der Waals surface area contributed by atoms with E-state index in [4.69, 9.17) is 9.47 Å². The molecular formula is C15H17NO3. The summed E-state index contributed by atoms with van der Waals surface area (Å²) in [5.74, 6) is 1.42. The lowest BCUT2D eigenvalue weighted by Gasteiger charge is -2.10. The maximum absolute atomic E-state index is 9.69. The summed E-state index contributed by atoms with van der Waals surface area (Å²) >= 11 is 0. The van der Waals surface area contributed by atoms with Crippen LogP contribution in [0.25, 0.3) is 0 Å². The minimum atomic E-state index is 0.123. The molecule has 0 heterocycles. The molecule has 2 aromatic carbocycles. The summed E-state index contributed by atoms with van der Waals surface area (Å²) < 4.78 is 10.2. The predicted molar refractivity (Wildman–Crippen MR) is 75.0 cm³/mol. The molecule has 0 radical (unpaired) electrons. The zero-order valence-corrected chi connectivity index (χ0v) is 11.0. The third-order valence-electron chi connectivity index (χ3n) is 2.81. The maximum atomic E-state index is 9.69. The second-order valence-electron chi connectivity index (χ2n) is 4.09. The molecular weight excluding hydrogens is 242 g/mol. The molecule has 0 fully saturated rings. The van der Waals surface area contributed by atoms with Crippen LogP contribution in [0.2, 0.25) is 0 Å². The first-order valence-corrected chi connectivity index (χ1v) is 5.96. The summed E-state index contributed by atoms with van der Waals surface area (Å²) in [4.78, 5) is 0. The van der Waals surface area contributed by atoms with E-state index in [1.54, 1.807) is 19.2 Å². The van der Waals surface area contributed by atoms with Gasteiger partial charge < -0.3 is 19.9 Å². The Bertz CT molecular complexity index is 555. The number of hydrogen-bond donors (Lipinski definition) is 2. The van der Waals surface area contributed by atoms with Crippen LogP contribution < -0.4 is 14.8 Å². The molecule has 0 spiro atoms. The number of rotatable bonds is 5. The highest BCUT2D eigenvalue weighted by atomic mass is 16.5. The van der Waals surface area contributed by atoms with Crippen LogP contribution in [0, 0.1) is 0 Å². The van der Waals surface area contributed by atoms with Gasteiger partial charge in [0, 0.05) is 18.3 Å². The third-order valence-corrected chi connectivity index (χ3v) is 2.81. The SMILES string of the molecule is COc1cccc(CNc2ccc(OC)c(O)c2)c1. The van der Waals surface area contributed by atoms with Crippen LogP contribution >= 0.6 is 0 Å². The van der Waals surface area contributed by atoms with E-state index in [0.29, 0.717) is 12.3 Å². The van der Waals surface area contributed by atoms with Gasteiger partial charge in [-0.2, -0.15) is 0 Å². The number of benzene rings is 2. The Morgan fingerprint density at radius 2 is 1.89 bits per heavy atom. The Balaban J connectivity index is 2.03. The molecule has 2 N–H and O–H groups in total. The number of phenols is 1. The number of methoxy groups -OCH3 is 2. The van der Waals surface area contributed by atoms with E-state index in [1.165, 1.54) is 7.11 Å². The first-order valence-electron chi connectivity index (χ1n) is 5.96. The minimum absolute atomic E-state index is 0.123. The van der Waals surface area contributed by atoms with E-state index in [-0.39, 0.29) is 5.75 Å². The summed E-state index contributed by atoms with van der Waals surface area (Å²) in [6, 6.07) is 13.1. The maximum Gasteiger partial charge on any atom is 0.160 e. The number of phenolic OH excluding ortho intramolecular Hbond substituents is 1. The van der Waals surface area contributed by atoms with Gasteiger partial charge in [-0.3, -0.25) is 0 Å². The van der Waals surface area contributed by atoms with Crippen molar-refractivity contribution in [2.24, 2.45) is 0 Å². The Morgan fingerprint density at radius 1 is 1.05 bits per heavy atom. The highest BCUT2D eigenvalue weighted by molar-refractivity contribution is 5.54. The molecule has 4 heteroatoms. The van der Waals surface area contributed by atoms with E-state index in [1.807, 2.05) is 30.3 Å². The first-order chi connectivity index (χ1) is 9.22. The van der Waals surface area contributed by atoms with Gasteiger partial charge in [0.2, 0.25) is 0 Å². The molecule has 0 amide bonds. The number of anilines is 1. The lowest BCUT2D eigenvalue weighted by Crippen LogP contribution is -1.99. The average Bonchev–Trinajstić information content (AvgIpc) is 2.45. The van der Waals surface area contributed by atoms with Gasteiger partial charge in [-0.25, -0.2) is 0 Å². The third kappa shape index (κ3) is 3.31. The lowest BCUT2D eigenvalue weighted by atomic mass is 10.2. The monoisotopic (exact) mass is 259 g/mol. The molecule has 2 aromatic rings. The fraction of sp³-hybridized carbons (Fsp3) is 0.200. The van der Waals surface area contributed by atoms with Gasteiger partial charge in [0.05, 0.1) is 14.2 Å². The fourth-order valence-corrected chi connectivity index (χ4v) is 1.79. The Hall–Kier alpha value is -2.36. The molecule has 4 nitrogen and oxygen atoms in total. The standard InChI is InChI=1S/C15H17NO3/c1-18-13-5-3-4-11(8-13)10-16-12-6-7-15(19-2)14(17)9-12/h3-9,16-17H,10H2,1-2H3. The molecule has 2 rings (SSSR count). The van der Waals surface area contributed by atoms with Crippen LogP contribution in [0.3, 0.4) is 0 Å². The van der Waals surface area contributed by atoms with Crippen molar-refractivity contribution >= 4 is 5.69 Å². The quantitative estimate of drug-likeness (QED) is 0.866. The second-order valence-corrected chi connectivity index (χ2v) is 4.09. The number of hydrogen-bond acceptors (Lipinski definition) is 4. The molecule has 0 aliphatic rings. The van der Waals surface area contributed by atoms with Crippen LogP contribution in [0.1, 0.15) is 5.56 Å². The summed E-state index contributed by atoms with van der Waals surface area (Å²) in [6.07, 6.45) is 0. The highest BCUT2D eigenvalue weighted by Gasteiger charge is 2.02. The van der Waals surface area contributed by atoms with Crippen LogP contribution in [0.5, 0.6) is 17.2 Å². The van der Waals surface area contributed by atoms with Crippen molar-refractivity contribution in [1.29, 1.82) is 0 Å². The molecule has 0 saturated carbocycles. The van der Waals surface area contributed by atoms with Crippen LogP contribution in [0.15, 0.2) is 42.5 Å². The molecule has 0 aliphatic heterocycles. The molecule has 0 unspecified atom stereocenters. The number of ether oxygens (including phenoxy) is 2. The number of nitrogens with one attached hydrogen (secondary N) is 1. The summed E-state index contributed by atoms with van der Waals surface area (Å²) in [6.45, 7) is 0.656. The second kappa shape index (κ2) is 6.00. The summed E-state index contributed by atoms with van der Waals surface area (Å²) in [5, 5.41) is 12.9. The molecule has 0 bridgehead atoms. The van der Waals surface area contributed by atoms with E-state index in [9.17, 15) is 5.11 Å². The summed E-state index contributed by atoms with van der Waals surface area (Å²) in [5.41, 5.74) is 1.94. The fourth-order valence-electron chi connectivity index (χ4n) is 1.79. The Kier molecular flexibility index (Phi) is 4.13. The van der Waals surface area contributed by atoms with E-state index in [0.717, 1.165) is 17.0 Å². The summed E-state index contributed by atoms with van der Waals surface area (Å²) in [7, 11) is 3.17. The van der Waals surface area contributed by atoms with Crippen LogP contribution in [-0.2, 0) is 6.54 Å². The van der Waals surface area contributed by atoms with Crippen molar-refractivity contribution in [3.05, 3.63) is 48.0 Å². The molecule has 0 aromatic heterocycles. The van der Waals surface area contributed by atoms with Gasteiger partial charge in [-0.1, -0.05) is 12.1 Å². The predicted octanol–water partition coefficient (Wildman–Crippen LogP) is 3.02. The minimum Gasteiger partial charge on any atom is -0.504 e. The number of aromatic hydroxyl groups is 1. The molecule has 100 valence electrons. The zero-order chi connectivity index (χ0) is 13.7. The van der Waals surface area contributed by atoms with Gasteiger partial charge in [-0.15, -0.1) is 0 Å². The van der Waals surface area contributed by atoms with E-state index >= 15 is 0 Å². The largest absolute Gasteiger partial charge is 0.504 e. The van der Waals surface area contributed by atoms with Gasteiger partial charge in [0.1, 0.15) is 5.75 Å². The molecule has 19 heavy (non-hydrogen) atoms. The van der Waals surface area contributed by atoms with Gasteiger partial charge >= 0.3 is 0 Å². The van der Waals surface area contributed by atoms with Gasteiger partial charge in [0.15, 0.2) is 11.5 Å². The molecule has 0 saturated heterocycles. The van der Waals surface area contributed by atoms with E-state index in [2.05, 4.69) is 5.32 Å². The molecule has 0 aliphatic carbocycles. The van der Waals surface area contributed by atoms with Crippen molar-refractivity contribution in [2.45, 2.75) is 6.54 Å². The van der Waals surface area contributed by atoms with Crippen molar-refractivity contribution in [3.63, 3.8) is 0 Å². The van der Waals surface area contributed by atoms with Gasteiger partial charge in [0.25, 0.3) is 0 Å². The average molecular weight is 259 g/mol. The zero-order valence-electron chi connectivity index (χ0n) is 11.0. The smallest absolute Gasteiger partial charge is 0.160 e. The van der Waals surface area contributed by atoms with Crippen LogP contribution in [-0.4, -0.2) is 19.3 Å². The van der Waals surface area contributed by atoms with Crippen molar-refractivity contribution in [2.75, 3.05) is 19.5 Å². The van der Waals surface area contributed by atoms with Crippen molar-refractivity contribution in [3.8, 4) is 17.2 Å². The normalized spacial score (nSPS) is 10.0. The Morgan fingerprint density at radius 3 is 2.58 bits per heavy atom. The van der Waals surface area contributed by atoms with E-state index < -0.39 is 0 Å². The molecule has 0 atom stereocenters. The van der Waals surface area contributed by atoms with Crippen molar-refractivity contribution < 1.29 is 14.6 Å². The van der Waals surface area contributed by atoms with Gasteiger partial charge in [-0.05, 0) is 29.8 Å². The highest BCUT2D eigenvalue weighted by Crippen LogP contribution is 2.28. The Labute approximate surface area is 112 Å². The first kappa shape index (κ1) is 13.1. The lowest BCUT2D eigenvalue weighted by molar-refractivity contribution is 0.373. The topological polar surface area (TPSA) is 50.7 Å².